The fourth-order valence-corrected chi connectivity index (χ4v) is 6.73. The zero-order chi connectivity index (χ0) is 15.6. The van der Waals surface area contributed by atoms with Crippen molar-refractivity contribution in [3.05, 3.63) is 22.8 Å². The van der Waals surface area contributed by atoms with E-state index in [2.05, 4.69) is 106 Å². The maximum absolute atomic E-state index is 6.43. The number of nitrogens with one attached hydrogen (secondary N) is 1. The fourth-order valence-electron chi connectivity index (χ4n) is 2.89. The molecular formula is C16H22I3NO. The van der Waals surface area contributed by atoms with Crippen LogP contribution in [-0.4, -0.2) is 18.7 Å². The lowest BCUT2D eigenvalue weighted by atomic mass is 9.61. The molecule has 1 saturated carbocycles. The summed E-state index contributed by atoms with van der Waals surface area (Å²) in [5.41, 5.74) is 0.240. The minimum Gasteiger partial charge on any atom is -0.488 e. The first-order valence-corrected chi connectivity index (χ1v) is 10.7. The smallest absolute Gasteiger partial charge is 0.146 e. The summed E-state index contributed by atoms with van der Waals surface area (Å²) in [5.74, 6) is 1.07. The Balaban J connectivity index is 2.11. The lowest BCUT2D eigenvalue weighted by molar-refractivity contribution is -0.0709. The summed E-state index contributed by atoms with van der Waals surface area (Å²) >= 11 is 7.14. The largest absolute Gasteiger partial charge is 0.488 e. The molecule has 0 saturated heterocycles. The Labute approximate surface area is 169 Å². The first-order valence-electron chi connectivity index (χ1n) is 7.47. The zero-order valence-electron chi connectivity index (χ0n) is 12.7. The summed E-state index contributed by atoms with van der Waals surface area (Å²) in [6.45, 7) is 7.96. The van der Waals surface area contributed by atoms with E-state index in [1.807, 2.05) is 0 Å². The van der Waals surface area contributed by atoms with Crippen LogP contribution < -0.4 is 10.1 Å². The fraction of sp³-hybridized carbons (Fsp3) is 0.625. The second-order valence-corrected chi connectivity index (χ2v) is 9.48. The number of ether oxygens (including phenoxy) is 1. The van der Waals surface area contributed by atoms with Gasteiger partial charge in [-0.1, -0.05) is 20.8 Å². The minimum absolute atomic E-state index is 0.240. The predicted molar refractivity (Wildman–Crippen MR) is 114 cm³/mol. The van der Waals surface area contributed by atoms with Gasteiger partial charge >= 0.3 is 0 Å². The molecule has 0 spiro atoms. The van der Waals surface area contributed by atoms with E-state index in [1.165, 1.54) is 17.1 Å². The van der Waals surface area contributed by atoms with E-state index in [1.54, 1.807) is 0 Å². The van der Waals surface area contributed by atoms with Gasteiger partial charge in [0.05, 0.1) is 7.14 Å². The first kappa shape index (κ1) is 18.5. The third-order valence-corrected chi connectivity index (χ3v) is 6.83. The van der Waals surface area contributed by atoms with Gasteiger partial charge in [-0.25, -0.2) is 0 Å². The van der Waals surface area contributed by atoms with Crippen LogP contribution in [0.25, 0.3) is 0 Å². The molecule has 2 rings (SSSR count). The van der Waals surface area contributed by atoms with E-state index in [9.17, 15) is 0 Å². The third kappa shape index (κ3) is 3.99. The summed E-state index contributed by atoms with van der Waals surface area (Å²) in [5, 5.41) is 3.68. The molecule has 1 aliphatic rings. The summed E-state index contributed by atoms with van der Waals surface area (Å²) in [6, 6.07) is 4.97. The van der Waals surface area contributed by atoms with Crippen molar-refractivity contribution in [2.75, 3.05) is 6.54 Å². The van der Waals surface area contributed by atoms with Crippen molar-refractivity contribution >= 4 is 67.8 Å². The van der Waals surface area contributed by atoms with Gasteiger partial charge < -0.3 is 10.1 Å². The predicted octanol–water partition coefficient (Wildman–Crippen LogP) is 5.44. The van der Waals surface area contributed by atoms with Gasteiger partial charge in [-0.15, -0.1) is 0 Å². The number of rotatable bonds is 6. The second-order valence-electron chi connectivity index (χ2n) is 5.91. The summed E-state index contributed by atoms with van der Waals surface area (Å²) in [6.07, 6.45) is 3.77. The van der Waals surface area contributed by atoms with Gasteiger partial charge in [0.15, 0.2) is 0 Å². The maximum atomic E-state index is 6.43. The molecule has 1 aliphatic carbocycles. The van der Waals surface area contributed by atoms with Gasteiger partial charge in [-0.3, -0.25) is 0 Å². The highest BCUT2D eigenvalue weighted by atomic mass is 127. The average molecular weight is 625 g/mol. The number of halogens is 3. The lowest BCUT2D eigenvalue weighted by Crippen LogP contribution is -2.63. The summed E-state index contributed by atoms with van der Waals surface area (Å²) < 4.78 is 10.1. The van der Waals surface area contributed by atoms with E-state index < -0.39 is 0 Å². The topological polar surface area (TPSA) is 21.3 Å². The van der Waals surface area contributed by atoms with Crippen molar-refractivity contribution in [2.45, 2.75) is 52.2 Å². The highest BCUT2D eigenvalue weighted by Gasteiger charge is 2.52. The van der Waals surface area contributed by atoms with Gasteiger partial charge in [0.1, 0.15) is 11.9 Å². The Morgan fingerprint density at radius 1 is 1.24 bits per heavy atom. The van der Waals surface area contributed by atoms with E-state index in [0.29, 0.717) is 12.1 Å². The normalized spacial score (nSPS) is 28.3. The van der Waals surface area contributed by atoms with Crippen molar-refractivity contribution in [1.82, 2.24) is 5.32 Å². The molecule has 1 N–H and O–H groups in total. The van der Waals surface area contributed by atoms with Crippen LogP contribution in [0.4, 0.5) is 0 Å². The van der Waals surface area contributed by atoms with E-state index in [-0.39, 0.29) is 5.41 Å². The van der Waals surface area contributed by atoms with Crippen molar-refractivity contribution in [1.29, 1.82) is 0 Å². The number of hydrogen-bond acceptors (Lipinski definition) is 2. The standard InChI is InChI=1S/C16H22I3NO/c1-4-6-20-13-9-14(16(13,3)5-2)21-15-11(18)7-10(17)8-12(15)19/h7-8,13-14,20H,4-6,9H2,1-3H3. The minimum atomic E-state index is 0.240. The Bertz CT molecular complexity index is 485. The van der Waals surface area contributed by atoms with Crippen LogP contribution in [0.15, 0.2) is 12.1 Å². The molecule has 118 valence electrons. The number of hydrogen-bond donors (Lipinski definition) is 1. The molecule has 0 bridgehead atoms. The van der Waals surface area contributed by atoms with Crippen molar-refractivity contribution in [2.24, 2.45) is 5.41 Å². The summed E-state index contributed by atoms with van der Waals surface area (Å²) in [4.78, 5) is 0. The van der Waals surface area contributed by atoms with E-state index in [4.69, 9.17) is 4.74 Å². The van der Waals surface area contributed by atoms with Crippen LogP contribution in [0.3, 0.4) is 0 Å². The quantitative estimate of drug-likeness (QED) is 0.426. The zero-order valence-corrected chi connectivity index (χ0v) is 19.2. The molecule has 1 aromatic carbocycles. The molecule has 2 nitrogen and oxygen atoms in total. The average Bonchev–Trinajstić information content (AvgIpc) is 2.43. The highest BCUT2D eigenvalue weighted by Crippen LogP contribution is 2.47. The van der Waals surface area contributed by atoms with Crippen LogP contribution in [0, 0.1) is 16.1 Å². The Morgan fingerprint density at radius 3 is 2.38 bits per heavy atom. The molecule has 0 aromatic heterocycles. The van der Waals surface area contributed by atoms with Crippen LogP contribution in [0.1, 0.15) is 40.0 Å². The Morgan fingerprint density at radius 2 is 1.86 bits per heavy atom. The third-order valence-electron chi connectivity index (χ3n) is 4.61. The van der Waals surface area contributed by atoms with Crippen LogP contribution in [0.5, 0.6) is 5.75 Å². The van der Waals surface area contributed by atoms with Gasteiger partial charge in [-0.2, -0.15) is 0 Å². The molecule has 5 heteroatoms. The Kier molecular flexibility index (Phi) is 6.90. The van der Waals surface area contributed by atoms with Crippen molar-refractivity contribution < 1.29 is 4.74 Å². The van der Waals surface area contributed by atoms with Crippen LogP contribution in [-0.2, 0) is 0 Å². The highest BCUT2D eigenvalue weighted by molar-refractivity contribution is 14.1. The molecule has 1 fully saturated rings. The van der Waals surface area contributed by atoms with Crippen molar-refractivity contribution in [3.8, 4) is 5.75 Å². The number of benzene rings is 1. The van der Waals surface area contributed by atoms with Crippen LogP contribution in [0.2, 0.25) is 0 Å². The molecule has 0 radical (unpaired) electrons. The van der Waals surface area contributed by atoms with E-state index >= 15 is 0 Å². The molecule has 3 unspecified atom stereocenters. The Hall–Kier alpha value is 1.17. The van der Waals surface area contributed by atoms with Gasteiger partial charge in [0.2, 0.25) is 0 Å². The molecule has 0 heterocycles. The first-order chi connectivity index (χ1) is 9.92. The van der Waals surface area contributed by atoms with Gasteiger partial charge in [0.25, 0.3) is 0 Å². The molecule has 0 amide bonds. The lowest BCUT2D eigenvalue weighted by Gasteiger charge is -2.53. The van der Waals surface area contributed by atoms with Gasteiger partial charge in [0, 0.05) is 21.4 Å². The molecule has 21 heavy (non-hydrogen) atoms. The SMILES string of the molecule is CCCNC1CC(Oc2c(I)cc(I)cc2I)C1(C)CC. The molecular weight excluding hydrogens is 603 g/mol. The monoisotopic (exact) mass is 625 g/mol. The second kappa shape index (κ2) is 7.83. The summed E-state index contributed by atoms with van der Waals surface area (Å²) in [7, 11) is 0. The van der Waals surface area contributed by atoms with Crippen LogP contribution >= 0.6 is 67.8 Å². The molecule has 1 aromatic rings. The van der Waals surface area contributed by atoms with Gasteiger partial charge in [-0.05, 0) is 99.3 Å². The maximum Gasteiger partial charge on any atom is 0.146 e. The van der Waals surface area contributed by atoms with Crippen molar-refractivity contribution in [3.63, 3.8) is 0 Å². The molecule has 0 aliphatic heterocycles. The molecule has 3 atom stereocenters. The van der Waals surface area contributed by atoms with E-state index in [0.717, 1.165) is 25.1 Å².